The van der Waals surface area contributed by atoms with Crippen LogP contribution in [0.5, 0.6) is 5.75 Å². The molecule has 2 aliphatic rings. The van der Waals surface area contributed by atoms with Gasteiger partial charge in [-0.2, -0.15) is 0 Å². The van der Waals surface area contributed by atoms with Crippen molar-refractivity contribution in [2.75, 3.05) is 18.0 Å². The first-order chi connectivity index (χ1) is 19.2. The molecule has 9 nitrogen and oxygen atoms in total. The van der Waals surface area contributed by atoms with E-state index in [1.54, 1.807) is 28.9 Å². The molecular formula is C29H27Cl2N5O4. The lowest BCUT2D eigenvalue weighted by Gasteiger charge is -2.25. The van der Waals surface area contributed by atoms with Gasteiger partial charge in [0.1, 0.15) is 29.5 Å². The summed E-state index contributed by atoms with van der Waals surface area (Å²) < 4.78 is 7.96. The van der Waals surface area contributed by atoms with E-state index < -0.39 is 11.6 Å². The van der Waals surface area contributed by atoms with Crippen LogP contribution in [0.2, 0.25) is 10.0 Å². The van der Waals surface area contributed by atoms with Gasteiger partial charge in [-0.3, -0.25) is 0 Å². The first-order valence-electron chi connectivity index (χ1n) is 13.0. The van der Waals surface area contributed by atoms with Crippen molar-refractivity contribution in [3.8, 4) is 11.4 Å². The van der Waals surface area contributed by atoms with E-state index in [1.165, 1.54) is 12.3 Å². The number of β-amino-alcohol motifs (C(OH)–C–C–N with tert-alkyl or cyclic N) is 1. The van der Waals surface area contributed by atoms with Crippen molar-refractivity contribution in [3.63, 3.8) is 0 Å². The molecule has 1 saturated carbocycles. The van der Waals surface area contributed by atoms with E-state index in [4.69, 9.17) is 33.0 Å². The number of benzene rings is 2. The summed E-state index contributed by atoms with van der Waals surface area (Å²) in [5.41, 5.74) is 3.07. The Morgan fingerprint density at radius 2 is 1.98 bits per heavy atom. The lowest BCUT2D eigenvalue weighted by atomic mass is 9.93. The van der Waals surface area contributed by atoms with Crippen LogP contribution in [-0.2, 0) is 12.2 Å². The van der Waals surface area contributed by atoms with Gasteiger partial charge < -0.3 is 19.8 Å². The average Bonchev–Trinajstić information content (AvgIpc) is 3.57. The number of carboxylic acid groups (broad SMARTS) is 1. The molecule has 2 aromatic carbocycles. The fourth-order valence-electron chi connectivity index (χ4n) is 5.22. The zero-order chi connectivity index (χ0) is 28.0. The summed E-state index contributed by atoms with van der Waals surface area (Å²) >= 11 is 13.2. The zero-order valence-corrected chi connectivity index (χ0v) is 23.2. The number of hydrogen-bond donors (Lipinski definition) is 2. The van der Waals surface area contributed by atoms with E-state index in [9.17, 15) is 9.90 Å². The molecule has 206 valence electrons. The number of aromatic carboxylic acids is 1. The quantitative estimate of drug-likeness (QED) is 0.280. The van der Waals surface area contributed by atoms with Crippen LogP contribution in [0.1, 0.15) is 58.1 Å². The summed E-state index contributed by atoms with van der Waals surface area (Å²) in [4.78, 5) is 17.3. The maximum atomic E-state index is 11.5. The van der Waals surface area contributed by atoms with Gasteiger partial charge in [0.2, 0.25) is 0 Å². The van der Waals surface area contributed by atoms with Crippen LogP contribution in [0.3, 0.4) is 0 Å². The van der Waals surface area contributed by atoms with Crippen LogP contribution in [0.15, 0.2) is 54.7 Å². The average molecular weight is 580 g/mol. The maximum Gasteiger partial charge on any atom is 0.337 e. The van der Waals surface area contributed by atoms with Crippen molar-refractivity contribution >= 4 is 35.0 Å². The molecule has 1 aliphatic carbocycles. The van der Waals surface area contributed by atoms with Gasteiger partial charge in [0.05, 0.1) is 33.5 Å². The van der Waals surface area contributed by atoms with Gasteiger partial charge in [-0.15, -0.1) is 5.10 Å². The van der Waals surface area contributed by atoms with Crippen LogP contribution >= 0.6 is 23.2 Å². The molecule has 1 saturated heterocycles. The minimum absolute atomic E-state index is 0.113. The number of pyridine rings is 1. The topological polar surface area (TPSA) is 114 Å². The Labute approximate surface area is 240 Å². The van der Waals surface area contributed by atoms with E-state index in [-0.39, 0.29) is 18.7 Å². The van der Waals surface area contributed by atoms with E-state index in [1.807, 2.05) is 30.0 Å². The predicted octanol–water partition coefficient (Wildman–Crippen LogP) is 5.53. The largest absolute Gasteiger partial charge is 0.487 e. The SMILES string of the molecule is Cc1cccc(Cl)c1-n1nnc(C2CC2)c1COc1ccc(C2(O)CCN(c3ccc(C(=O)O)cn3)C2)c(Cl)c1. The highest BCUT2D eigenvalue weighted by atomic mass is 35.5. The Bertz CT molecular complexity index is 1570. The van der Waals surface area contributed by atoms with E-state index in [0.29, 0.717) is 46.1 Å². The second-order valence-corrected chi connectivity index (χ2v) is 11.2. The maximum absolute atomic E-state index is 11.5. The normalized spacial score (nSPS) is 18.8. The Hall–Kier alpha value is -3.66. The number of aryl methyl sites for hydroxylation is 1. The number of ether oxygens (including phenoxy) is 1. The highest BCUT2D eigenvalue weighted by Gasteiger charge is 2.40. The molecule has 0 radical (unpaired) electrons. The number of carbonyl (C=O) groups is 1. The highest BCUT2D eigenvalue weighted by molar-refractivity contribution is 6.32. The number of hydrogen-bond acceptors (Lipinski definition) is 7. The first-order valence-corrected chi connectivity index (χ1v) is 13.8. The number of aliphatic hydroxyl groups is 1. The molecule has 1 unspecified atom stereocenters. The van der Waals surface area contributed by atoms with Gasteiger partial charge >= 0.3 is 5.97 Å². The van der Waals surface area contributed by atoms with Crippen molar-refractivity contribution in [2.24, 2.45) is 0 Å². The summed E-state index contributed by atoms with van der Waals surface area (Å²) in [6.45, 7) is 3.04. The van der Waals surface area contributed by atoms with Crippen LogP contribution in [0.25, 0.3) is 5.69 Å². The highest BCUT2D eigenvalue weighted by Crippen LogP contribution is 2.42. The molecule has 0 spiro atoms. The Morgan fingerprint density at radius 1 is 1.15 bits per heavy atom. The van der Waals surface area contributed by atoms with Crippen LogP contribution < -0.4 is 9.64 Å². The summed E-state index contributed by atoms with van der Waals surface area (Å²) in [6, 6.07) is 14.2. The number of rotatable bonds is 8. The second-order valence-electron chi connectivity index (χ2n) is 10.4. The molecule has 1 aliphatic heterocycles. The van der Waals surface area contributed by atoms with E-state index in [2.05, 4.69) is 15.3 Å². The fraction of sp³-hybridized carbons (Fsp3) is 0.310. The van der Waals surface area contributed by atoms with E-state index >= 15 is 0 Å². The predicted molar refractivity (Wildman–Crippen MR) is 151 cm³/mol. The monoisotopic (exact) mass is 579 g/mol. The molecule has 3 heterocycles. The standard InChI is InChI=1S/C29H27Cl2N5O4/c1-17-3-2-4-22(30)27(17)36-24(26(33-34-36)18-5-6-18)15-40-20-8-9-21(23(31)13-20)29(39)11-12-35(16-29)25-10-7-19(14-32-25)28(37)38/h2-4,7-10,13-14,18,39H,5-6,11-12,15-16H2,1H3,(H,37,38). The van der Waals surface area contributed by atoms with Crippen LogP contribution in [0.4, 0.5) is 5.82 Å². The van der Waals surface area contributed by atoms with Crippen molar-refractivity contribution in [3.05, 3.63) is 92.9 Å². The van der Waals surface area contributed by atoms with Gasteiger partial charge in [-0.05, 0) is 62.1 Å². The minimum atomic E-state index is -1.19. The van der Waals surface area contributed by atoms with Crippen molar-refractivity contribution in [1.29, 1.82) is 0 Å². The number of carboxylic acids is 1. The molecular weight excluding hydrogens is 553 g/mol. The Morgan fingerprint density at radius 3 is 2.65 bits per heavy atom. The van der Waals surface area contributed by atoms with E-state index in [0.717, 1.165) is 35.5 Å². The molecule has 40 heavy (non-hydrogen) atoms. The molecule has 0 amide bonds. The lowest BCUT2D eigenvalue weighted by molar-refractivity contribution is 0.0606. The first kappa shape index (κ1) is 26.6. The third-order valence-electron chi connectivity index (χ3n) is 7.54. The summed E-state index contributed by atoms with van der Waals surface area (Å²) in [7, 11) is 0. The molecule has 2 N–H and O–H groups in total. The van der Waals surface area contributed by atoms with Gasteiger partial charge in [-0.1, -0.05) is 46.6 Å². The third-order valence-corrected chi connectivity index (χ3v) is 8.16. The van der Waals surface area contributed by atoms with Gasteiger partial charge in [0, 0.05) is 24.2 Å². The zero-order valence-electron chi connectivity index (χ0n) is 21.7. The molecule has 2 aromatic heterocycles. The Balaban J connectivity index is 1.20. The number of halogens is 2. The minimum Gasteiger partial charge on any atom is -0.487 e. The van der Waals surface area contributed by atoms with Crippen molar-refractivity contribution in [2.45, 2.75) is 44.3 Å². The summed E-state index contributed by atoms with van der Waals surface area (Å²) in [6.07, 6.45) is 3.91. The van der Waals surface area contributed by atoms with Crippen LogP contribution in [0, 0.1) is 6.92 Å². The number of anilines is 1. The van der Waals surface area contributed by atoms with Crippen molar-refractivity contribution < 1.29 is 19.7 Å². The molecule has 6 rings (SSSR count). The second kappa shape index (κ2) is 10.4. The van der Waals surface area contributed by atoms with Crippen molar-refractivity contribution in [1.82, 2.24) is 20.0 Å². The Kier molecular flexibility index (Phi) is 6.90. The molecule has 4 aromatic rings. The lowest BCUT2D eigenvalue weighted by Crippen LogP contribution is -2.31. The van der Waals surface area contributed by atoms with Crippen LogP contribution in [-0.4, -0.2) is 49.2 Å². The van der Waals surface area contributed by atoms with Gasteiger partial charge in [0.25, 0.3) is 0 Å². The summed E-state index contributed by atoms with van der Waals surface area (Å²) in [5, 5.41) is 30.5. The molecule has 1 atom stereocenters. The number of aromatic nitrogens is 4. The van der Waals surface area contributed by atoms with Gasteiger partial charge in [-0.25, -0.2) is 14.5 Å². The smallest absolute Gasteiger partial charge is 0.337 e. The molecule has 0 bridgehead atoms. The van der Waals surface area contributed by atoms with Gasteiger partial charge in [0.15, 0.2) is 0 Å². The summed E-state index contributed by atoms with van der Waals surface area (Å²) in [5.74, 6) is 0.496. The number of para-hydroxylation sites is 1. The number of nitrogens with zero attached hydrogens (tertiary/aromatic N) is 5. The molecule has 11 heteroatoms. The third kappa shape index (κ3) is 5.00. The molecule has 2 fully saturated rings. The fourth-order valence-corrected chi connectivity index (χ4v) is 5.87.